The molecule has 2 aromatic rings. The third-order valence-electron chi connectivity index (χ3n) is 6.31. The number of carboxylic acids is 1. The van der Waals surface area contributed by atoms with Gasteiger partial charge in [0.25, 0.3) is 0 Å². The number of aliphatic carboxylic acids is 1. The van der Waals surface area contributed by atoms with E-state index in [1.54, 1.807) is 6.08 Å². The van der Waals surface area contributed by atoms with Gasteiger partial charge in [-0.1, -0.05) is 60.7 Å². The van der Waals surface area contributed by atoms with Crippen LogP contribution >= 0.6 is 0 Å². The smallest absolute Gasteiger partial charge is 0.307 e. The van der Waals surface area contributed by atoms with Crippen LogP contribution in [0, 0.1) is 5.92 Å². The summed E-state index contributed by atoms with van der Waals surface area (Å²) in [5, 5.41) is 22.9. The molecule has 2 aromatic carbocycles. The van der Waals surface area contributed by atoms with Crippen LogP contribution < -0.4 is 5.32 Å². The van der Waals surface area contributed by atoms with E-state index in [2.05, 4.69) is 43.4 Å². The van der Waals surface area contributed by atoms with Crippen LogP contribution in [0.3, 0.4) is 0 Å². The molecule has 3 rings (SSSR count). The monoisotopic (exact) mass is 451 g/mol. The van der Waals surface area contributed by atoms with Crippen molar-refractivity contribution in [1.82, 2.24) is 5.32 Å². The van der Waals surface area contributed by atoms with Crippen molar-refractivity contribution < 1.29 is 19.7 Å². The molecule has 0 saturated carbocycles. The molecule has 2 atom stereocenters. The fraction of sp³-hybridized carbons (Fsp3) is 0.464. The summed E-state index contributed by atoms with van der Waals surface area (Å²) in [7, 11) is 0. The van der Waals surface area contributed by atoms with Crippen molar-refractivity contribution in [1.29, 1.82) is 0 Å². The summed E-state index contributed by atoms with van der Waals surface area (Å²) in [4.78, 5) is 10.8. The fourth-order valence-corrected chi connectivity index (χ4v) is 4.71. The molecule has 178 valence electrons. The molecule has 0 amide bonds. The van der Waals surface area contributed by atoms with Crippen LogP contribution in [-0.2, 0) is 22.4 Å². The molecule has 0 fully saturated rings. The highest BCUT2D eigenvalue weighted by Gasteiger charge is 2.28. The first-order valence-corrected chi connectivity index (χ1v) is 11.8. The Labute approximate surface area is 197 Å². The van der Waals surface area contributed by atoms with E-state index in [4.69, 9.17) is 9.84 Å². The summed E-state index contributed by atoms with van der Waals surface area (Å²) >= 11 is 0. The number of hydrogen-bond donors (Lipinski definition) is 3. The summed E-state index contributed by atoms with van der Waals surface area (Å²) in [6.45, 7) is 7.05. The standard InChI is InChI=1S/C28H37NO4/c1-20(26-13-7-6-9-22(26)12-8-14-27(31)32)33-19-25(30)18-29-28(2,3)17-21-15-23-10-4-5-11-24(23)16-21/h4-13,20-21,25,29-30H,14-19H2,1-3H3,(H,31,32)/b12-8+/t20-,25+/m1/s1. The molecule has 0 aromatic heterocycles. The summed E-state index contributed by atoms with van der Waals surface area (Å²) in [6.07, 6.45) is 5.92. The summed E-state index contributed by atoms with van der Waals surface area (Å²) in [5.74, 6) is -0.229. The normalized spacial score (nSPS) is 16.1. The SMILES string of the molecule is C[C@@H](OC[C@@H](O)CNC(C)(C)CC1Cc2ccccc2C1)c1ccccc1/C=C/CC(=O)O. The van der Waals surface area contributed by atoms with E-state index in [1.807, 2.05) is 37.3 Å². The van der Waals surface area contributed by atoms with Crippen molar-refractivity contribution in [2.45, 2.75) is 64.2 Å². The number of carbonyl (C=O) groups is 1. The van der Waals surface area contributed by atoms with Gasteiger partial charge in [-0.25, -0.2) is 0 Å². The predicted octanol–water partition coefficient (Wildman–Crippen LogP) is 4.79. The Morgan fingerprint density at radius 2 is 1.79 bits per heavy atom. The maximum atomic E-state index is 10.8. The molecule has 1 aliphatic carbocycles. The highest BCUT2D eigenvalue weighted by molar-refractivity contribution is 5.70. The van der Waals surface area contributed by atoms with Gasteiger partial charge in [0.2, 0.25) is 0 Å². The van der Waals surface area contributed by atoms with Crippen molar-refractivity contribution in [2.75, 3.05) is 13.2 Å². The number of nitrogens with one attached hydrogen (secondary N) is 1. The van der Waals surface area contributed by atoms with Gasteiger partial charge in [0, 0.05) is 12.1 Å². The maximum Gasteiger partial charge on any atom is 0.307 e. The number of carboxylic acid groups (broad SMARTS) is 1. The molecule has 0 radical (unpaired) electrons. The molecular weight excluding hydrogens is 414 g/mol. The Bertz CT molecular complexity index is 927. The highest BCUT2D eigenvalue weighted by atomic mass is 16.5. The molecule has 0 bridgehead atoms. The minimum atomic E-state index is -0.857. The van der Waals surface area contributed by atoms with E-state index in [9.17, 15) is 9.90 Å². The lowest BCUT2D eigenvalue weighted by atomic mass is 9.88. The second-order valence-corrected chi connectivity index (χ2v) is 9.77. The molecule has 0 saturated heterocycles. The van der Waals surface area contributed by atoms with E-state index in [0.717, 1.165) is 30.4 Å². The van der Waals surface area contributed by atoms with Gasteiger partial charge in [-0.05, 0) is 68.2 Å². The molecule has 1 aliphatic rings. The third-order valence-corrected chi connectivity index (χ3v) is 6.31. The van der Waals surface area contributed by atoms with Gasteiger partial charge in [-0.2, -0.15) is 0 Å². The summed E-state index contributed by atoms with van der Waals surface area (Å²) in [6, 6.07) is 16.5. The Kier molecular flexibility index (Phi) is 8.84. The van der Waals surface area contributed by atoms with E-state index in [-0.39, 0.29) is 24.7 Å². The first-order valence-electron chi connectivity index (χ1n) is 11.8. The number of fused-ring (bicyclic) bond motifs is 1. The molecule has 3 N–H and O–H groups in total. The van der Waals surface area contributed by atoms with Crippen LogP contribution in [0.25, 0.3) is 6.08 Å². The quantitative estimate of drug-likeness (QED) is 0.433. The van der Waals surface area contributed by atoms with Crippen LogP contribution in [-0.4, -0.2) is 41.0 Å². The van der Waals surface area contributed by atoms with E-state index in [0.29, 0.717) is 12.5 Å². The lowest BCUT2D eigenvalue weighted by Gasteiger charge is -2.31. The topological polar surface area (TPSA) is 78.8 Å². The first-order chi connectivity index (χ1) is 15.7. The van der Waals surface area contributed by atoms with Crippen molar-refractivity contribution >= 4 is 12.0 Å². The first kappa shape index (κ1) is 25.2. The average Bonchev–Trinajstić information content (AvgIpc) is 3.17. The van der Waals surface area contributed by atoms with Gasteiger partial charge in [0.15, 0.2) is 0 Å². The minimum absolute atomic E-state index is 0.0172. The predicted molar refractivity (Wildman–Crippen MR) is 132 cm³/mol. The van der Waals surface area contributed by atoms with Crippen molar-refractivity contribution in [2.24, 2.45) is 5.92 Å². The average molecular weight is 452 g/mol. The van der Waals surface area contributed by atoms with E-state index >= 15 is 0 Å². The highest BCUT2D eigenvalue weighted by Crippen LogP contribution is 2.32. The van der Waals surface area contributed by atoms with Gasteiger partial charge < -0.3 is 20.3 Å². The largest absolute Gasteiger partial charge is 0.481 e. The minimum Gasteiger partial charge on any atom is -0.481 e. The number of benzene rings is 2. The molecule has 5 heteroatoms. The fourth-order valence-electron chi connectivity index (χ4n) is 4.71. The number of ether oxygens (including phenoxy) is 1. The Hall–Kier alpha value is -2.47. The second-order valence-electron chi connectivity index (χ2n) is 9.77. The number of aliphatic hydroxyl groups is 1. The second kappa shape index (κ2) is 11.6. The molecule has 5 nitrogen and oxygen atoms in total. The van der Waals surface area contributed by atoms with Gasteiger partial charge in [-0.15, -0.1) is 0 Å². The van der Waals surface area contributed by atoms with Gasteiger partial charge in [-0.3, -0.25) is 4.79 Å². The number of β-amino-alcohol motifs (C(OH)–C–C–N with tert-alkyl or cyclic N) is 1. The zero-order valence-corrected chi connectivity index (χ0v) is 20.0. The van der Waals surface area contributed by atoms with Crippen molar-refractivity contribution in [3.63, 3.8) is 0 Å². The molecule has 0 spiro atoms. The lowest BCUT2D eigenvalue weighted by Crippen LogP contribution is -2.45. The van der Waals surface area contributed by atoms with Crippen molar-refractivity contribution in [3.8, 4) is 0 Å². The summed E-state index contributed by atoms with van der Waals surface area (Å²) in [5.41, 5.74) is 4.77. The molecular formula is C28H37NO4. The molecule has 0 aliphatic heterocycles. The maximum absolute atomic E-state index is 10.8. The molecule has 33 heavy (non-hydrogen) atoms. The van der Waals surface area contributed by atoms with Gasteiger partial charge in [0.05, 0.1) is 25.2 Å². The molecule has 0 unspecified atom stereocenters. The van der Waals surface area contributed by atoms with Gasteiger partial charge in [0.1, 0.15) is 0 Å². The zero-order chi connectivity index (χ0) is 23.8. The lowest BCUT2D eigenvalue weighted by molar-refractivity contribution is -0.135. The van der Waals surface area contributed by atoms with Crippen LogP contribution in [0.1, 0.15) is 62.0 Å². The number of hydrogen-bond acceptors (Lipinski definition) is 4. The third kappa shape index (κ3) is 7.81. The Morgan fingerprint density at radius 3 is 2.45 bits per heavy atom. The summed E-state index contributed by atoms with van der Waals surface area (Å²) < 4.78 is 5.96. The zero-order valence-electron chi connectivity index (χ0n) is 20.0. The van der Waals surface area contributed by atoms with Crippen LogP contribution in [0.5, 0.6) is 0 Å². The van der Waals surface area contributed by atoms with Crippen LogP contribution in [0.15, 0.2) is 54.6 Å². The Balaban J connectivity index is 1.44. The molecule has 0 heterocycles. The van der Waals surface area contributed by atoms with Gasteiger partial charge >= 0.3 is 5.97 Å². The number of rotatable bonds is 12. The number of aliphatic hydroxyl groups excluding tert-OH is 1. The van der Waals surface area contributed by atoms with Crippen LogP contribution in [0.2, 0.25) is 0 Å². The Morgan fingerprint density at radius 1 is 1.15 bits per heavy atom. The van der Waals surface area contributed by atoms with Crippen LogP contribution in [0.4, 0.5) is 0 Å². The van der Waals surface area contributed by atoms with E-state index in [1.165, 1.54) is 11.1 Å². The van der Waals surface area contributed by atoms with Crippen molar-refractivity contribution in [3.05, 3.63) is 76.9 Å². The van der Waals surface area contributed by atoms with E-state index < -0.39 is 12.1 Å².